The molecule has 1 aliphatic carbocycles. The maximum atomic E-state index is 12.2. The first-order chi connectivity index (χ1) is 12.2. The van der Waals surface area contributed by atoms with Crippen molar-refractivity contribution in [2.24, 2.45) is 17.3 Å². The van der Waals surface area contributed by atoms with Crippen LogP contribution in [-0.4, -0.2) is 25.2 Å². The van der Waals surface area contributed by atoms with Gasteiger partial charge in [-0.1, -0.05) is 48.7 Å². The molecule has 26 heavy (non-hydrogen) atoms. The monoisotopic (exact) mass is 418 g/mol. The molecule has 0 aromatic heterocycles. The summed E-state index contributed by atoms with van der Waals surface area (Å²) in [4.78, 5) is 23.9. The molecule has 8 heteroatoms. The van der Waals surface area contributed by atoms with Crippen LogP contribution < -0.4 is 10.6 Å². The highest BCUT2D eigenvalue weighted by atomic mass is 35.5. The number of halogens is 3. The highest BCUT2D eigenvalue weighted by Crippen LogP contribution is 2.59. The average Bonchev–Trinajstić information content (AvgIpc) is 3.08. The first-order valence-electron chi connectivity index (χ1n) is 8.21. The number of allylic oxidation sites excluding steroid dienone is 1. The van der Waals surface area contributed by atoms with Gasteiger partial charge in [-0.3, -0.25) is 10.1 Å². The number of ether oxygens (including phenoxy) is 1. The van der Waals surface area contributed by atoms with Gasteiger partial charge in [0.25, 0.3) is 0 Å². The Bertz CT molecular complexity index is 685. The fraction of sp³-hybridized carbons (Fsp3) is 0.444. The van der Waals surface area contributed by atoms with E-state index in [0.717, 1.165) is 0 Å². The van der Waals surface area contributed by atoms with Gasteiger partial charge in [0, 0.05) is 17.3 Å². The van der Waals surface area contributed by atoms with Crippen LogP contribution >= 0.6 is 34.8 Å². The summed E-state index contributed by atoms with van der Waals surface area (Å²) in [5, 5.41) is 6.03. The second-order valence-electron chi connectivity index (χ2n) is 6.69. The van der Waals surface area contributed by atoms with E-state index in [2.05, 4.69) is 10.6 Å². The van der Waals surface area contributed by atoms with E-state index in [1.165, 1.54) is 0 Å². The van der Waals surface area contributed by atoms with E-state index in [-0.39, 0.29) is 34.3 Å². The fourth-order valence-electron chi connectivity index (χ4n) is 2.87. The van der Waals surface area contributed by atoms with Gasteiger partial charge < -0.3 is 10.1 Å². The molecule has 2 atom stereocenters. The number of anilines is 1. The minimum absolute atomic E-state index is 0.0360. The molecular weight excluding hydrogens is 399 g/mol. The van der Waals surface area contributed by atoms with Crippen molar-refractivity contribution in [2.45, 2.75) is 20.3 Å². The molecule has 2 N–H and O–H groups in total. The largest absolute Gasteiger partial charge is 0.449 e. The van der Waals surface area contributed by atoms with Gasteiger partial charge in [0.2, 0.25) is 5.91 Å². The van der Waals surface area contributed by atoms with Crippen molar-refractivity contribution in [1.82, 2.24) is 5.32 Å². The molecule has 5 nitrogen and oxygen atoms in total. The Morgan fingerprint density at radius 1 is 1.23 bits per heavy atom. The quantitative estimate of drug-likeness (QED) is 0.612. The molecule has 0 saturated heterocycles. The minimum atomic E-state index is -0.552. The molecule has 1 saturated carbocycles. The standard InChI is InChI=1S/C18H21Cl3N2O3/c1-18(2)13(10-14(20)21)15(18)16(24)22-8-3-9-26-17(25)23-12-6-4-11(19)5-7-12/h4-7,10,13,15H,3,8-9H2,1-2H3,(H,22,24)(H,23,25). The maximum absolute atomic E-state index is 12.2. The molecule has 2 amide bonds. The summed E-state index contributed by atoms with van der Waals surface area (Å²) in [6, 6.07) is 6.70. The summed E-state index contributed by atoms with van der Waals surface area (Å²) in [5.74, 6) is -0.158. The van der Waals surface area contributed by atoms with Gasteiger partial charge >= 0.3 is 6.09 Å². The Hall–Kier alpha value is -1.43. The molecular formula is C18H21Cl3N2O3. The van der Waals surface area contributed by atoms with Crippen LogP contribution in [0.3, 0.4) is 0 Å². The summed E-state index contributed by atoms with van der Waals surface area (Å²) >= 11 is 17.1. The third-order valence-electron chi connectivity index (χ3n) is 4.44. The molecule has 2 unspecified atom stereocenters. The number of hydrogen-bond acceptors (Lipinski definition) is 3. The van der Waals surface area contributed by atoms with Crippen molar-refractivity contribution < 1.29 is 14.3 Å². The summed E-state index contributed by atoms with van der Waals surface area (Å²) in [6.45, 7) is 4.62. The minimum Gasteiger partial charge on any atom is -0.449 e. The van der Waals surface area contributed by atoms with E-state index < -0.39 is 6.09 Å². The Morgan fingerprint density at radius 2 is 1.88 bits per heavy atom. The first kappa shape index (κ1) is 20.9. The molecule has 1 aromatic carbocycles. The van der Waals surface area contributed by atoms with Gasteiger partial charge in [-0.2, -0.15) is 0 Å². The molecule has 0 bridgehead atoms. The molecule has 142 valence electrons. The van der Waals surface area contributed by atoms with Crippen molar-refractivity contribution in [3.05, 3.63) is 39.9 Å². The van der Waals surface area contributed by atoms with E-state index >= 15 is 0 Å². The van der Waals surface area contributed by atoms with Crippen molar-refractivity contribution in [3.8, 4) is 0 Å². The number of rotatable bonds is 7. The summed E-state index contributed by atoms with van der Waals surface area (Å²) in [6.07, 6.45) is 1.67. The van der Waals surface area contributed by atoms with Gasteiger partial charge in [0.15, 0.2) is 0 Å². The smallest absolute Gasteiger partial charge is 0.411 e. The van der Waals surface area contributed by atoms with Crippen molar-refractivity contribution in [2.75, 3.05) is 18.5 Å². The Morgan fingerprint density at radius 3 is 2.50 bits per heavy atom. The third-order valence-corrected chi connectivity index (χ3v) is 4.95. The molecule has 0 radical (unpaired) electrons. The molecule has 1 fully saturated rings. The zero-order chi connectivity index (χ0) is 19.3. The molecule has 1 aliphatic rings. The van der Waals surface area contributed by atoms with Gasteiger partial charge in [-0.05, 0) is 48.1 Å². The molecule has 2 rings (SSSR count). The zero-order valence-corrected chi connectivity index (χ0v) is 16.8. The van der Waals surface area contributed by atoms with E-state index in [1.54, 1.807) is 30.3 Å². The van der Waals surface area contributed by atoms with E-state index in [4.69, 9.17) is 39.5 Å². The second-order valence-corrected chi connectivity index (χ2v) is 8.14. The van der Waals surface area contributed by atoms with E-state index in [0.29, 0.717) is 23.7 Å². The van der Waals surface area contributed by atoms with Crippen LogP contribution in [0.1, 0.15) is 20.3 Å². The lowest BCUT2D eigenvalue weighted by molar-refractivity contribution is -0.123. The van der Waals surface area contributed by atoms with Gasteiger partial charge in [0.1, 0.15) is 4.49 Å². The zero-order valence-electron chi connectivity index (χ0n) is 14.5. The number of benzene rings is 1. The van der Waals surface area contributed by atoms with Gasteiger partial charge in [-0.25, -0.2) is 4.79 Å². The van der Waals surface area contributed by atoms with Crippen LogP contribution in [0.25, 0.3) is 0 Å². The van der Waals surface area contributed by atoms with Crippen LogP contribution in [-0.2, 0) is 9.53 Å². The van der Waals surface area contributed by atoms with Crippen LogP contribution in [0.4, 0.5) is 10.5 Å². The van der Waals surface area contributed by atoms with Crippen LogP contribution in [0.5, 0.6) is 0 Å². The highest BCUT2D eigenvalue weighted by Gasteiger charge is 2.60. The number of nitrogens with one attached hydrogen (secondary N) is 2. The number of hydrogen-bond donors (Lipinski definition) is 2. The maximum Gasteiger partial charge on any atom is 0.411 e. The predicted molar refractivity (Wildman–Crippen MR) is 105 cm³/mol. The van der Waals surface area contributed by atoms with E-state index in [1.807, 2.05) is 13.8 Å². The van der Waals surface area contributed by atoms with Crippen LogP contribution in [0.15, 0.2) is 34.8 Å². The van der Waals surface area contributed by atoms with Crippen LogP contribution in [0.2, 0.25) is 5.02 Å². The number of carbonyl (C=O) groups is 2. The van der Waals surface area contributed by atoms with Gasteiger partial charge in [0.05, 0.1) is 12.5 Å². The van der Waals surface area contributed by atoms with Crippen molar-refractivity contribution in [1.29, 1.82) is 0 Å². The SMILES string of the molecule is CC1(C)C(C=C(Cl)Cl)C1C(=O)NCCCOC(=O)Nc1ccc(Cl)cc1. The lowest BCUT2D eigenvalue weighted by atomic mass is 10.1. The summed E-state index contributed by atoms with van der Waals surface area (Å²) in [7, 11) is 0. The highest BCUT2D eigenvalue weighted by molar-refractivity contribution is 6.55. The van der Waals surface area contributed by atoms with Crippen LogP contribution in [0, 0.1) is 17.3 Å². The van der Waals surface area contributed by atoms with Crippen molar-refractivity contribution in [3.63, 3.8) is 0 Å². The van der Waals surface area contributed by atoms with Gasteiger partial charge in [-0.15, -0.1) is 0 Å². The lowest BCUT2D eigenvalue weighted by Gasteiger charge is -2.08. The third kappa shape index (κ3) is 5.79. The normalized spacial score (nSPS) is 20.0. The average molecular weight is 420 g/mol. The topological polar surface area (TPSA) is 67.4 Å². The first-order valence-corrected chi connectivity index (χ1v) is 9.35. The van der Waals surface area contributed by atoms with E-state index in [9.17, 15) is 9.59 Å². The predicted octanol–water partition coefficient (Wildman–Crippen LogP) is 4.99. The van der Waals surface area contributed by atoms with Crippen molar-refractivity contribution >= 4 is 52.5 Å². The Balaban J connectivity index is 1.63. The molecule has 0 spiro atoms. The number of amides is 2. The number of carbonyl (C=O) groups excluding carboxylic acids is 2. The fourth-order valence-corrected chi connectivity index (χ4v) is 3.27. The molecule has 1 aromatic rings. The molecule has 0 aliphatic heterocycles. The summed E-state index contributed by atoms with van der Waals surface area (Å²) < 4.78 is 5.25. The Kier molecular flexibility index (Phi) is 7.21. The Labute approximate surface area is 168 Å². The molecule has 0 heterocycles. The second kappa shape index (κ2) is 8.98. The summed E-state index contributed by atoms with van der Waals surface area (Å²) in [5.41, 5.74) is 0.439. The lowest BCUT2D eigenvalue weighted by Crippen LogP contribution is -2.28.